The summed E-state index contributed by atoms with van der Waals surface area (Å²) in [5.74, 6) is -0.840. The van der Waals surface area contributed by atoms with E-state index in [1.54, 1.807) is 83.7 Å². The van der Waals surface area contributed by atoms with Crippen molar-refractivity contribution < 1.29 is 81.5 Å². The first-order chi connectivity index (χ1) is 54.7. The minimum Gasteiger partial charge on any atom is -1.00 e. The summed E-state index contributed by atoms with van der Waals surface area (Å²) in [5.41, 5.74) is 11.1. The molecule has 16 nitrogen and oxygen atoms in total. The second-order valence-electron chi connectivity index (χ2n) is 27.7. The maximum atomic E-state index is 13.4. The number of ketones is 8. The van der Waals surface area contributed by atoms with E-state index in [1.807, 2.05) is 74.2 Å². The highest BCUT2D eigenvalue weighted by Gasteiger charge is 2.43. The molecule has 1 N–H and O–H groups in total. The fourth-order valence-corrected chi connectivity index (χ4v) is 15.3. The fraction of sp³-hybridized carbons (Fsp3) is 0.213. The molecule has 0 amide bonds. The van der Waals surface area contributed by atoms with Crippen molar-refractivity contribution >= 4 is 110 Å². The van der Waals surface area contributed by atoms with Crippen molar-refractivity contribution in [2.45, 2.75) is 118 Å². The van der Waals surface area contributed by atoms with E-state index in [0.29, 0.717) is 98.3 Å². The van der Waals surface area contributed by atoms with E-state index in [4.69, 9.17) is 0 Å². The Hall–Kier alpha value is -10.9. The minimum absolute atomic E-state index is 0. The van der Waals surface area contributed by atoms with Gasteiger partial charge in [0.15, 0.2) is 0 Å². The van der Waals surface area contributed by atoms with E-state index >= 15 is 0 Å². The minimum atomic E-state index is -0.193. The van der Waals surface area contributed by atoms with Crippen LogP contribution in [0.4, 0.5) is 0 Å². The molecule has 0 unspecified atom stereocenters. The fourth-order valence-electron chi connectivity index (χ4n) is 14.9. The molecular weight excluding hydrogens is 1690 g/mol. The molecule has 4 heterocycles. The molecule has 578 valence electrons. The summed E-state index contributed by atoms with van der Waals surface area (Å²) in [6, 6.07) is 72.4. The van der Waals surface area contributed by atoms with Gasteiger partial charge >= 0.3 is 0 Å². The van der Waals surface area contributed by atoms with E-state index < -0.39 is 0 Å². The molecular formula is C94H86Br4N8O8. The van der Waals surface area contributed by atoms with Crippen molar-refractivity contribution in [2.75, 3.05) is 10.7 Å². The topological polar surface area (TPSA) is 201 Å². The number of aromatic amines is 1. The number of hydrogen-bond acceptors (Lipinski definition) is 10. The van der Waals surface area contributed by atoms with Gasteiger partial charge in [-0.1, -0.05) is 297 Å². The van der Waals surface area contributed by atoms with E-state index in [1.165, 1.54) is 61.8 Å². The Morgan fingerprint density at radius 3 is 1.06 bits per heavy atom. The zero-order valence-corrected chi connectivity index (χ0v) is 70.2. The normalized spacial score (nSPS) is 12.3. The molecule has 0 saturated carbocycles. The maximum Gasteiger partial charge on any atom is 0.244 e. The Balaban J connectivity index is 0.000000144. The summed E-state index contributed by atoms with van der Waals surface area (Å²) < 4.78 is 9.72. The molecule has 14 aromatic rings. The largest absolute Gasteiger partial charge is 1.00 e. The van der Waals surface area contributed by atoms with Crippen LogP contribution in [0, 0.1) is 0 Å². The number of H-pyrrole nitrogens is 1. The molecule has 114 heavy (non-hydrogen) atoms. The number of rotatable bonds is 17. The number of alkyl halides is 2. The molecule has 4 aromatic heterocycles. The lowest BCUT2D eigenvalue weighted by Gasteiger charge is -2.15. The van der Waals surface area contributed by atoms with Gasteiger partial charge in [0.05, 0.1) is 38.8 Å². The van der Waals surface area contributed by atoms with Crippen molar-refractivity contribution in [1.29, 1.82) is 0 Å². The second-order valence-corrected chi connectivity index (χ2v) is 29.3. The highest BCUT2D eigenvalue weighted by Crippen LogP contribution is 2.32. The van der Waals surface area contributed by atoms with Crippen LogP contribution in [0.15, 0.2) is 250 Å². The highest BCUT2D eigenvalue weighted by molar-refractivity contribution is 9.09. The quantitative estimate of drug-likeness (QED) is 0.0675. The lowest BCUT2D eigenvalue weighted by molar-refractivity contribution is -0.698. The number of hydrogen-bond donors (Lipinski definition) is 1. The summed E-state index contributed by atoms with van der Waals surface area (Å²) in [7, 11) is 0. The van der Waals surface area contributed by atoms with Crippen molar-refractivity contribution in [3.05, 3.63) is 357 Å². The first-order valence-electron chi connectivity index (χ1n) is 38.3. The van der Waals surface area contributed by atoms with Crippen molar-refractivity contribution in [1.82, 2.24) is 28.7 Å². The van der Waals surface area contributed by atoms with E-state index in [0.717, 1.165) is 75.1 Å². The molecule has 0 saturated heterocycles. The Morgan fingerprint density at radius 2 is 0.675 bits per heavy atom. The molecule has 10 aromatic carbocycles. The first kappa shape index (κ1) is 84.0. The van der Waals surface area contributed by atoms with Crippen molar-refractivity contribution in [3.8, 4) is 0 Å². The number of halogens is 4. The van der Waals surface area contributed by atoms with Crippen LogP contribution in [0.2, 0.25) is 0 Å². The molecule has 18 rings (SSSR count). The summed E-state index contributed by atoms with van der Waals surface area (Å²) in [6.07, 6.45) is 15.7. The van der Waals surface area contributed by atoms with Crippen LogP contribution >= 0.6 is 31.9 Å². The number of nitrogens with zero attached hydrogens (tertiary/aromatic N) is 7. The molecule has 0 fully saturated rings. The number of unbranched alkanes of at least 4 members (excludes halogenated alkanes) is 2. The van der Waals surface area contributed by atoms with Gasteiger partial charge in [0.25, 0.3) is 0 Å². The first-order valence-corrected chi connectivity index (χ1v) is 40.6. The van der Waals surface area contributed by atoms with Gasteiger partial charge in [-0.05, 0) is 81.1 Å². The molecule has 0 spiro atoms. The van der Waals surface area contributed by atoms with Crippen LogP contribution in [0.1, 0.15) is 211 Å². The standard InChI is InChI=1S/2C27H25N2O2.C14H12N2O2.C12H11Br.C11H6N2O2.C3H7Br.2BrH/c2*1-2-3-16-28-18-29(17-15-20-11-8-10-19-9-4-5-12-21(19)20)25-24(28)26(30)22-13-6-7-14-23(22)27(25)31;1-2-7-16-8-15-11-12(16)14(18)10-6-4-3-5-9(10)13(11)17;13-9-8-11-6-3-5-10-4-1-2-7-12(10)11;14-10-6-3-1-2-4-7(6)11(15)9-8(10)12-5-13-9;1-2-3-4;;/h2*4-14,18H,2-3,15-17H2,1H3;3-6,8H,2,7H2,1H3;1-7H,8-9H2;1-5H,(H,12,13);2-3H2,1H3;2*1H/q2*+1;;;;;;/p-2. The number of fused-ring (bicyclic) bond motifs is 11. The number of carbonyl (C=O) groups excluding carboxylic acids is 8. The van der Waals surface area contributed by atoms with Gasteiger partial charge in [0.1, 0.15) is 22.8 Å². The Labute approximate surface area is 700 Å². The van der Waals surface area contributed by atoms with Gasteiger partial charge in [-0.25, -0.2) is 28.2 Å². The van der Waals surface area contributed by atoms with Crippen molar-refractivity contribution in [3.63, 3.8) is 0 Å². The third-order valence-corrected chi connectivity index (χ3v) is 21.6. The van der Waals surface area contributed by atoms with Gasteiger partial charge in [0, 0.05) is 74.6 Å². The van der Waals surface area contributed by atoms with E-state index in [-0.39, 0.29) is 91.6 Å². The van der Waals surface area contributed by atoms with Crippen LogP contribution < -0.4 is 43.1 Å². The molecule has 0 bridgehead atoms. The summed E-state index contributed by atoms with van der Waals surface area (Å²) in [4.78, 5) is 112. The summed E-state index contributed by atoms with van der Waals surface area (Å²) >= 11 is 6.72. The lowest BCUT2D eigenvalue weighted by atomic mass is 9.90. The number of benzene rings is 10. The molecule has 20 heteroatoms. The van der Waals surface area contributed by atoms with Gasteiger partial charge in [-0.3, -0.25) is 38.4 Å². The highest BCUT2D eigenvalue weighted by atomic mass is 79.9. The van der Waals surface area contributed by atoms with Gasteiger partial charge in [0.2, 0.25) is 81.7 Å². The maximum absolute atomic E-state index is 13.4. The van der Waals surface area contributed by atoms with Crippen LogP contribution in [0.5, 0.6) is 0 Å². The van der Waals surface area contributed by atoms with Crippen LogP contribution in [0.25, 0.3) is 32.3 Å². The van der Waals surface area contributed by atoms with Gasteiger partial charge in [-0.2, -0.15) is 0 Å². The van der Waals surface area contributed by atoms with Gasteiger partial charge in [-0.15, -0.1) is 0 Å². The third kappa shape index (κ3) is 17.6. The number of aromatic nitrogens is 8. The zero-order valence-electron chi connectivity index (χ0n) is 63.9. The average Bonchev–Trinajstić information content (AvgIpc) is 1.59. The van der Waals surface area contributed by atoms with Crippen LogP contribution in [0.3, 0.4) is 0 Å². The van der Waals surface area contributed by atoms with Crippen molar-refractivity contribution in [2.24, 2.45) is 0 Å². The SMILES string of the molecule is BrCCc1cccc2ccccc12.CCCBr.CCCC[n+]1cn(CCc2cccc3ccccc23)c2c1C(=O)c1ccccc1C2=O.CCCC[n+]1cn(CCc2cccc3ccccc23)c2c1C(=O)c1ccccc1C2=O.CCCn1cnc2c1C(=O)c1ccccc1C2=O.O=C1c2ccccc2C(=O)c2[nH]cnc21.[Br-].[Br-]. The smallest absolute Gasteiger partial charge is 0.244 e. The Kier molecular flexibility index (Phi) is 28.9. The molecule has 4 aliphatic rings. The Bertz CT molecular complexity index is 5660. The predicted octanol–water partition coefficient (Wildman–Crippen LogP) is 12.3. The molecule has 4 aliphatic carbocycles. The number of aryl methyl sites for hydroxylation is 8. The van der Waals surface area contributed by atoms with Crippen LogP contribution in [-0.4, -0.2) is 85.6 Å². The predicted molar refractivity (Wildman–Crippen MR) is 444 cm³/mol. The zero-order chi connectivity index (χ0) is 78.4. The molecule has 0 atom stereocenters. The number of carbonyl (C=O) groups is 8. The third-order valence-electron chi connectivity index (χ3n) is 20.4. The number of nitrogens with one attached hydrogen (secondary N) is 1. The van der Waals surface area contributed by atoms with E-state index in [9.17, 15) is 38.4 Å². The monoisotopic (exact) mass is 1770 g/mol. The lowest BCUT2D eigenvalue weighted by Crippen LogP contribution is -3.00. The van der Waals surface area contributed by atoms with Crippen LogP contribution in [-0.2, 0) is 52.0 Å². The number of imidazole rings is 4. The van der Waals surface area contributed by atoms with Gasteiger partial charge < -0.3 is 43.5 Å². The summed E-state index contributed by atoms with van der Waals surface area (Å²) in [5, 5.41) is 9.77. The summed E-state index contributed by atoms with van der Waals surface area (Å²) in [6.45, 7) is 11.9. The second kappa shape index (κ2) is 39.2. The molecule has 0 aliphatic heterocycles. The van der Waals surface area contributed by atoms with E-state index in [2.05, 4.69) is 183 Å². The average molecular weight is 1780 g/mol. The molecule has 0 radical (unpaired) electrons. The Morgan fingerprint density at radius 1 is 0.333 bits per heavy atom.